The van der Waals surface area contributed by atoms with Gasteiger partial charge in [0.1, 0.15) is 11.2 Å². The highest BCUT2D eigenvalue weighted by atomic mass is 35.5. The molecule has 0 bridgehead atoms. The molecular formula is C43H26ClN3O. The van der Waals surface area contributed by atoms with Crippen LogP contribution in [0.5, 0.6) is 0 Å². The van der Waals surface area contributed by atoms with E-state index in [1.807, 2.05) is 72.8 Å². The number of nitrogens with zero attached hydrogens (tertiary/aromatic N) is 3. The molecular weight excluding hydrogens is 610 g/mol. The Balaban J connectivity index is 1.27. The molecule has 48 heavy (non-hydrogen) atoms. The van der Waals surface area contributed by atoms with E-state index in [-0.39, 0.29) is 0 Å². The lowest BCUT2D eigenvalue weighted by molar-refractivity contribution is 0.669. The van der Waals surface area contributed by atoms with Crippen LogP contribution in [0.4, 0.5) is 0 Å². The summed E-state index contributed by atoms with van der Waals surface area (Å²) < 4.78 is 6.40. The molecule has 0 spiro atoms. The van der Waals surface area contributed by atoms with Gasteiger partial charge < -0.3 is 4.42 Å². The number of hydrogen-bond acceptors (Lipinski definition) is 4. The first-order valence-corrected chi connectivity index (χ1v) is 16.2. The van der Waals surface area contributed by atoms with Gasteiger partial charge in [0.15, 0.2) is 17.5 Å². The molecule has 0 atom stereocenters. The Bertz CT molecular complexity index is 2610. The van der Waals surface area contributed by atoms with Crippen LogP contribution in [0.3, 0.4) is 0 Å². The molecule has 9 rings (SSSR count). The topological polar surface area (TPSA) is 51.8 Å². The van der Waals surface area contributed by atoms with Crippen molar-refractivity contribution in [1.29, 1.82) is 0 Å². The minimum absolute atomic E-state index is 0.524. The molecule has 0 aliphatic heterocycles. The van der Waals surface area contributed by atoms with Gasteiger partial charge in [0.2, 0.25) is 0 Å². The predicted octanol–water partition coefficient (Wildman–Crippen LogP) is 11.9. The van der Waals surface area contributed by atoms with Crippen LogP contribution in [-0.4, -0.2) is 15.0 Å². The monoisotopic (exact) mass is 635 g/mol. The summed E-state index contributed by atoms with van der Waals surface area (Å²) in [6.45, 7) is 0. The highest BCUT2D eigenvalue weighted by Gasteiger charge is 2.20. The van der Waals surface area contributed by atoms with Crippen molar-refractivity contribution in [3.05, 3.63) is 163 Å². The van der Waals surface area contributed by atoms with Gasteiger partial charge >= 0.3 is 0 Å². The van der Waals surface area contributed by atoms with E-state index in [4.69, 9.17) is 31.0 Å². The summed E-state index contributed by atoms with van der Waals surface area (Å²) in [5, 5.41) is 4.68. The van der Waals surface area contributed by atoms with Crippen molar-refractivity contribution in [1.82, 2.24) is 15.0 Å². The number of hydrogen-bond donors (Lipinski definition) is 0. The first-order chi connectivity index (χ1) is 23.7. The molecule has 7 aromatic carbocycles. The molecule has 0 saturated carbocycles. The van der Waals surface area contributed by atoms with Gasteiger partial charge in [-0.3, -0.25) is 0 Å². The lowest BCUT2D eigenvalue weighted by atomic mass is 10.0. The molecule has 0 unspecified atom stereocenters. The van der Waals surface area contributed by atoms with E-state index in [0.717, 1.165) is 66.1 Å². The van der Waals surface area contributed by atoms with E-state index in [1.165, 1.54) is 0 Å². The maximum absolute atomic E-state index is 6.75. The lowest BCUT2D eigenvalue weighted by Gasteiger charge is -2.11. The van der Waals surface area contributed by atoms with E-state index in [0.29, 0.717) is 28.1 Å². The fourth-order valence-electron chi connectivity index (χ4n) is 6.40. The van der Waals surface area contributed by atoms with E-state index in [1.54, 1.807) is 0 Å². The zero-order valence-corrected chi connectivity index (χ0v) is 26.4. The number of aromatic nitrogens is 3. The van der Waals surface area contributed by atoms with Gasteiger partial charge in [0.25, 0.3) is 0 Å². The Kier molecular flexibility index (Phi) is 6.81. The first kappa shape index (κ1) is 28.1. The van der Waals surface area contributed by atoms with Crippen LogP contribution in [0.1, 0.15) is 0 Å². The summed E-state index contributed by atoms with van der Waals surface area (Å²) in [4.78, 5) is 15.3. The molecule has 0 amide bonds. The summed E-state index contributed by atoms with van der Waals surface area (Å²) in [5.74, 6) is 1.67. The Labute approximate surface area is 282 Å². The second kappa shape index (κ2) is 11.6. The SMILES string of the molecule is Clc1cc(-c2nc(-c3ccc(-c4ccccc4)cc3)nc(-c3cccc(-c4ccccc4)c3)n2)c2c(c1)oc1cc3ccccc3cc12. The highest BCUT2D eigenvalue weighted by Crippen LogP contribution is 2.40. The smallest absolute Gasteiger partial charge is 0.164 e. The van der Waals surface area contributed by atoms with Crippen molar-refractivity contribution in [2.24, 2.45) is 0 Å². The van der Waals surface area contributed by atoms with Gasteiger partial charge in [-0.2, -0.15) is 0 Å². The third-order valence-corrected chi connectivity index (χ3v) is 8.98. The van der Waals surface area contributed by atoms with Crippen molar-refractivity contribution in [3.8, 4) is 56.4 Å². The quantitative estimate of drug-likeness (QED) is 0.189. The first-order valence-electron chi connectivity index (χ1n) is 15.8. The van der Waals surface area contributed by atoms with Crippen LogP contribution >= 0.6 is 11.6 Å². The van der Waals surface area contributed by atoms with Crippen molar-refractivity contribution in [2.75, 3.05) is 0 Å². The van der Waals surface area contributed by atoms with Crippen LogP contribution in [-0.2, 0) is 0 Å². The Hall–Kier alpha value is -6.10. The second-order valence-electron chi connectivity index (χ2n) is 11.8. The standard InChI is InChI=1S/C43H26ClN3O/c44-35-25-37(40-36-23-32-14-7-8-15-33(32)24-38(36)48-39(40)26-35)43-46-41(30-20-18-29(19-21-30)27-10-3-1-4-11-27)45-42(47-43)34-17-9-16-31(22-34)28-12-5-2-6-13-28/h1-26H. The highest BCUT2D eigenvalue weighted by molar-refractivity contribution is 6.32. The van der Waals surface area contributed by atoms with Crippen molar-refractivity contribution in [3.63, 3.8) is 0 Å². The number of furan rings is 1. The number of benzene rings is 7. The van der Waals surface area contributed by atoms with E-state index in [2.05, 4.69) is 84.9 Å². The summed E-state index contributed by atoms with van der Waals surface area (Å²) in [5.41, 5.74) is 8.52. The van der Waals surface area contributed by atoms with E-state index in [9.17, 15) is 0 Å². The fourth-order valence-corrected chi connectivity index (χ4v) is 6.61. The van der Waals surface area contributed by atoms with E-state index < -0.39 is 0 Å². The van der Waals surface area contributed by atoms with E-state index >= 15 is 0 Å². The average Bonchev–Trinajstić information content (AvgIpc) is 3.51. The van der Waals surface area contributed by atoms with Crippen LogP contribution < -0.4 is 0 Å². The molecule has 9 aromatic rings. The summed E-state index contributed by atoms with van der Waals surface area (Å²) in [6.07, 6.45) is 0. The molecule has 0 radical (unpaired) electrons. The van der Waals surface area contributed by atoms with Crippen LogP contribution in [0.15, 0.2) is 162 Å². The number of rotatable bonds is 5. The molecule has 0 aliphatic carbocycles. The molecule has 0 fully saturated rings. The Morgan fingerprint density at radius 2 is 0.938 bits per heavy atom. The molecule has 4 nitrogen and oxygen atoms in total. The molecule has 5 heteroatoms. The second-order valence-corrected chi connectivity index (χ2v) is 12.3. The largest absolute Gasteiger partial charge is 0.456 e. The Morgan fingerprint density at radius 3 is 1.67 bits per heavy atom. The van der Waals surface area contributed by atoms with Gasteiger partial charge in [-0.15, -0.1) is 0 Å². The van der Waals surface area contributed by atoms with Gasteiger partial charge in [0.05, 0.1) is 0 Å². The molecule has 226 valence electrons. The molecule has 2 aromatic heterocycles. The number of halogens is 1. The zero-order valence-electron chi connectivity index (χ0n) is 25.6. The fraction of sp³-hybridized carbons (Fsp3) is 0. The van der Waals surface area contributed by atoms with Crippen LogP contribution in [0.2, 0.25) is 5.02 Å². The predicted molar refractivity (Wildman–Crippen MR) is 197 cm³/mol. The van der Waals surface area contributed by atoms with Crippen LogP contribution in [0, 0.1) is 0 Å². The van der Waals surface area contributed by atoms with Crippen molar-refractivity contribution >= 4 is 44.3 Å². The van der Waals surface area contributed by atoms with Crippen molar-refractivity contribution in [2.45, 2.75) is 0 Å². The minimum Gasteiger partial charge on any atom is -0.456 e. The third kappa shape index (κ3) is 5.09. The lowest BCUT2D eigenvalue weighted by Crippen LogP contribution is -2.00. The van der Waals surface area contributed by atoms with Crippen LogP contribution in [0.25, 0.3) is 89.1 Å². The maximum atomic E-state index is 6.75. The molecule has 0 N–H and O–H groups in total. The summed E-state index contributed by atoms with van der Waals surface area (Å²) in [6, 6.07) is 53.6. The molecule has 0 saturated heterocycles. The van der Waals surface area contributed by atoms with Gasteiger partial charge in [0, 0.05) is 38.6 Å². The van der Waals surface area contributed by atoms with Crippen molar-refractivity contribution < 1.29 is 4.42 Å². The summed E-state index contributed by atoms with van der Waals surface area (Å²) >= 11 is 6.75. The molecule has 2 heterocycles. The summed E-state index contributed by atoms with van der Waals surface area (Å²) in [7, 11) is 0. The maximum Gasteiger partial charge on any atom is 0.164 e. The van der Waals surface area contributed by atoms with Gasteiger partial charge in [-0.05, 0) is 57.3 Å². The minimum atomic E-state index is 0.524. The molecule has 0 aliphatic rings. The average molecular weight is 636 g/mol. The Morgan fingerprint density at radius 1 is 0.396 bits per heavy atom. The van der Waals surface area contributed by atoms with Gasteiger partial charge in [-0.1, -0.05) is 139 Å². The van der Waals surface area contributed by atoms with Gasteiger partial charge in [-0.25, -0.2) is 15.0 Å². The normalized spacial score (nSPS) is 11.4. The zero-order chi connectivity index (χ0) is 32.0. The number of fused-ring (bicyclic) bond motifs is 4. The third-order valence-electron chi connectivity index (χ3n) is 8.76.